The number of likely N-dealkylation sites (N-methyl/N-ethyl adjacent to an activating group) is 1. The molecule has 0 saturated carbocycles. The highest BCUT2D eigenvalue weighted by Gasteiger charge is 2.11. The van der Waals surface area contributed by atoms with Crippen LogP contribution >= 0.6 is 0 Å². The van der Waals surface area contributed by atoms with Gasteiger partial charge in [-0.2, -0.15) is 0 Å². The van der Waals surface area contributed by atoms with Crippen molar-refractivity contribution in [2.45, 2.75) is 25.8 Å². The van der Waals surface area contributed by atoms with Gasteiger partial charge in [-0.3, -0.25) is 0 Å². The number of benzene rings is 1. The molecule has 1 unspecified atom stereocenters. The second-order valence-electron chi connectivity index (χ2n) is 4.70. The van der Waals surface area contributed by atoms with Crippen LogP contribution in [-0.2, 0) is 12.8 Å². The van der Waals surface area contributed by atoms with Crippen LogP contribution in [0.25, 0.3) is 0 Å². The summed E-state index contributed by atoms with van der Waals surface area (Å²) in [4.78, 5) is 4.15. The number of nitrogen functional groups attached to an aromatic ring is 1. The van der Waals surface area contributed by atoms with Crippen LogP contribution in [0.3, 0.4) is 0 Å². The highest BCUT2D eigenvalue weighted by Crippen LogP contribution is 2.13. The molecular formula is C16H21N3. The SMILES string of the molecule is CCNC(Cc1ccccc1)Cc1cccnc1N. The summed E-state index contributed by atoms with van der Waals surface area (Å²) in [5.41, 5.74) is 8.38. The molecule has 0 bridgehead atoms. The van der Waals surface area contributed by atoms with E-state index in [2.05, 4.69) is 47.6 Å². The number of aromatic nitrogens is 1. The lowest BCUT2D eigenvalue weighted by atomic mass is 9.99. The third kappa shape index (κ3) is 4.07. The molecule has 0 aliphatic heterocycles. The number of nitrogens with two attached hydrogens (primary N) is 1. The third-order valence-electron chi connectivity index (χ3n) is 3.21. The lowest BCUT2D eigenvalue weighted by molar-refractivity contribution is 0.521. The van der Waals surface area contributed by atoms with E-state index in [1.54, 1.807) is 6.20 Å². The van der Waals surface area contributed by atoms with E-state index in [4.69, 9.17) is 5.73 Å². The summed E-state index contributed by atoms with van der Waals surface area (Å²) < 4.78 is 0. The van der Waals surface area contributed by atoms with Gasteiger partial charge in [0.2, 0.25) is 0 Å². The van der Waals surface area contributed by atoms with Gasteiger partial charge in [0.05, 0.1) is 0 Å². The van der Waals surface area contributed by atoms with E-state index in [0.717, 1.165) is 24.9 Å². The maximum Gasteiger partial charge on any atom is 0.126 e. The van der Waals surface area contributed by atoms with Crippen molar-refractivity contribution < 1.29 is 0 Å². The van der Waals surface area contributed by atoms with Crippen molar-refractivity contribution in [1.82, 2.24) is 10.3 Å². The molecule has 0 aliphatic rings. The van der Waals surface area contributed by atoms with E-state index in [1.807, 2.05) is 12.1 Å². The van der Waals surface area contributed by atoms with Crippen molar-refractivity contribution in [2.75, 3.05) is 12.3 Å². The Balaban J connectivity index is 2.06. The highest BCUT2D eigenvalue weighted by molar-refractivity contribution is 5.39. The van der Waals surface area contributed by atoms with Gasteiger partial charge in [-0.15, -0.1) is 0 Å². The molecule has 0 spiro atoms. The van der Waals surface area contributed by atoms with Crippen LogP contribution in [-0.4, -0.2) is 17.6 Å². The first-order valence-electron chi connectivity index (χ1n) is 6.76. The maximum atomic E-state index is 5.92. The second kappa shape index (κ2) is 6.90. The first kappa shape index (κ1) is 13.6. The number of rotatable bonds is 6. The number of pyridine rings is 1. The summed E-state index contributed by atoms with van der Waals surface area (Å²) >= 11 is 0. The minimum atomic E-state index is 0.388. The Morgan fingerprint density at radius 2 is 1.89 bits per heavy atom. The number of anilines is 1. The van der Waals surface area contributed by atoms with Gasteiger partial charge in [0.1, 0.15) is 5.82 Å². The van der Waals surface area contributed by atoms with Crippen LogP contribution in [0.2, 0.25) is 0 Å². The lowest BCUT2D eigenvalue weighted by Gasteiger charge is -2.18. The van der Waals surface area contributed by atoms with E-state index in [0.29, 0.717) is 11.9 Å². The van der Waals surface area contributed by atoms with Crippen LogP contribution in [0.15, 0.2) is 48.7 Å². The summed E-state index contributed by atoms with van der Waals surface area (Å²) in [6.45, 7) is 3.09. The van der Waals surface area contributed by atoms with Crippen LogP contribution < -0.4 is 11.1 Å². The van der Waals surface area contributed by atoms with Gasteiger partial charge in [0.25, 0.3) is 0 Å². The van der Waals surface area contributed by atoms with Crippen LogP contribution in [0.1, 0.15) is 18.1 Å². The van der Waals surface area contributed by atoms with E-state index in [1.165, 1.54) is 5.56 Å². The molecule has 1 aromatic heterocycles. The molecule has 0 amide bonds. The Kier molecular flexibility index (Phi) is 4.93. The molecular weight excluding hydrogens is 234 g/mol. The lowest BCUT2D eigenvalue weighted by Crippen LogP contribution is -2.33. The number of hydrogen-bond acceptors (Lipinski definition) is 3. The first-order valence-corrected chi connectivity index (χ1v) is 6.76. The fourth-order valence-electron chi connectivity index (χ4n) is 2.29. The van der Waals surface area contributed by atoms with E-state index in [-0.39, 0.29) is 0 Å². The standard InChI is InChI=1S/C16H21N3/c1-2-18-15(11-13-7-4-3-5-8-13)12-14-9-6-10-19-16(14)17/h3-10,15,18H,2,11-12H2,1H3,(H2,17,19). The van der Waals surface area contributed by atoms with Crippen LogP contribution in [0, 0.1) is 0 Å². The molecule has 0 saturated heterocycles. The predicted octanol–water partition coefficient (Wildman–Crippen LogP) is 2.43. The van der Waals surface area contributed by atoms with Crippen molar-refractivity contribution in [3.05, 3.63) is 59.8 Å². The average Bonchev–Trinajstić information content (AvgIpc) is 2.43. The van der Waals surface area contributed by atoms with Crippen LogP contribution in [0.4, 0.5) is 5.82 Å². The molecule has 1 aromatic carbocycles. The van der Waals surface area contributed by atoms with Crippen molar-refractivity contribution >= 4 is 5.82 Å². The van der Waals surface area contributed by atoms with Gasteiger partial charge in [0, 0.05) is 12.2 Å². The number of hydrogen-bond donors (Lipinski definition) is 2. The quantitative estimate of drug-likeness (QED) is 0.833. The molecule has 0 radical (unpaired) electrons. The Hall–Kier alpha value is -1.87. The van der Waals surface area contributed by atoms with Crippen molar-refractivity contribution in [3.63, 3.8) is 0 Å². The molecule has 100 valence electrons. The van der Waals surface area contributed by atoms with E-state index >= 15 is 0 Å². The molecule has 3 heteroatoms. The van der Waals surface area contributed by atoms with E-state index in [9.17, 15) is 0 Å². The van der Waals surface area contributed by atoms with Crippen molar-refractivity contribution in [3.8, 4) is 0 Å². The largest absolute Gasteiger partial charge is 0.383 e. The van der Waals surface area contributed by atoms with Crippen LogP contribution in [0.5, 0.6) is 0 Å². The molecule has 0 fully saturated rings. The Labute approximate surface area is 114 Å². The molecule has 19 heavy (non-hydrogen) atoms. The normalized spacial score (nSPS) is 12.3. The predicted molar refractivity (Wildman–Crippen MR) is 80.0 cm³/mol. The minimum Gasteiger partial charge on any atom is -0.383 e. The Morgan fingerprint density at radius 3 is 2.58 bits per heavy atom. The maximum absolute atomic E-state index is 5.92. The summed E-state index contributed by atoms with van der Waals surface area (Å²) in [5, 5.41) is 3.52. The Bertz CT molecular complexity index is 496. The third-order valence-corrected chi connectivity index (χ3v) is 3.21. The van der Waals surface area contributed by atoms with Gasteiger partial charge in [0.15, 0.2) is 0 Å². The molecule has 0 aliphatic carbocycles. The first-order chi connectivity index (χ1) is 9.29. The molecule has 1 atom stereocenters. The summed E-state index contributed by atoms with van der Waals surface area (Å²) in [5.74, 6) is 0.637. The highest BCUT2D eigenvalue weighted by atomic mass is 14.9. The topological polar surface area (TPSA) is 50.9 Å². The fourth-order valence-corrected chi connectivity index (χ4v) is 2.29. The van der Waals surface area contributed by atoms with Gasteiger partial charge < -0.3 is 11.1 Å². The van der Waals surface area contributed by atoms with Gasteiger partial charge >= 0.3 is 0 Å². The molecule has 2 rings (SSSR count). The molecule has 1 heterocycles. The number of nitrogens with zero attached hydrogens (tertiary/aromatic N) is 1. The summed E-state index contributed by atoms with van der Waals surface area (Å²) in [7, 11) is 0. The van der Waals surface area contributed by atoms with Crippen molar-refractivity contribution in [2.24, 2.45) is 0 Å². The fraction of sp³-hybridized carbons (Fsp3) is 0.312. The second-order valence-corrected chi connectivity index (χ2v) is 4.70. The Morgan fingerprint density at radius 1 is 1.11 bits per heavy atom. The molecule has 3 N–H and O–H groups in total. The number of nitrogens with one attached hydrogen (secondary N) is 1. The zero-order chi connectivity index (χ0) is 13.5. The molecule has 3 nitrogen and oxygen atoms in total. The van der Waals surface area contributed by atoms with Crippen molar-refractivity contribution in [1.29, 1.82) is 0 Å². The minimum absolute atomic E-state index is 0.388. The zero-order valence-corrected chi connectivity index (χ0v) is 11.3. The van der Waals surface area contributed by atoms with Gasteiger partial charge in [-0.1, -0.05) is 43.3 Å². The van der Waals surface area contributed by atoms with Gasteiger partial charge in [-0.05, 0) is 36.6 Å². The monoisotopic (exact) mass is 255 g/mol. The van der Waals surface area contributed by atoms with E-state index < -0.39 is 0 Å². The summed E-state index contributed by atoms with van der Waals surface area (Å²) in [6, 6.07) is 14.9. The average molecular weight is 255 g/mol. The zero-order valence-electron chi connectivity index (χ0n) is 11.3. The van der Waals surface area contributed by atoms with Gasteiger partial charge in [-0.25, -0.2) is 4.98 Å². The smallest absolute Gasteiger partial charge is 0.126 e. The summed E-state index contributed by atoms with van der Waals surface area (Å²) in [6.07, 6.45) is 3.64. The molecule has 2 aromatic rings.